The first-order chi connectivity index (χ1) is 13.6. The fourth-order valence-electron chi connectivity index (χ4n) is 3.95. The number of methoxy groups -OCH3 is 1. The molecule has 1 aliphatic heterocycles. The predicted molar refractivity (Wildman–Crippen MR) is 112 cm³/mol. The number of aromatic nitrogens is 1. The van der Waals surface area contributed by atoms with Crippen molar-refractivity contribution in [3.8, 4) is 11.5 Å². The summed E-state index contributed by atoms with van der Waals surface area (Å²) in [5.41, 5.74) is 3.13. The number of phenolic OH excluding ortho intramolecular Hbond substituents is 1. The molecular weight excluding hydrogens is 395 g/mol. The van der Waals surface area contributed by atoms with Crippen molar-refractivity contribution in [2.45, 2.75) is 25.6 Å². The van der Waals surface area contributed by atoms with Crippen LogP contribution in [0.15, 0.2) is 54.7 Å². The first-order valence-corrected chi connectivity index (χ1v) is 10.0. The Morgan fingerprint density at radius 3 is 2.71 bits per heavy atom. The standard InChI is InChI=1S/C22H22Cl2N2O2/c1-28-20-7-2-5-16(22(20)27)14-26-12-4-11-25-10-3-6-19(25)21(26)15-8-9-17(23)18(24)13-15/h2-3,5-10,13,21,27H,4,11-12,14H2,1H3/t21-/m0/s1. The predicted octanol–water partition coefficient (Wildman–Crippen LogP) is 5.50. The molecular formula is C22H22Cl2N2O2. The average molecular weight is 417 g/mol. The minimum atomic E-state index is 0.0119. The highest BCUT2D eigenvalue weighted by atomic mass is 35.5. The molecule has 0 bridgehead atoms. The molecule has 0 fully saturated rings. The second kappa shape index (κ2) is 8.08. The van der Waals surface area contributed by atoms with Gasteiger partial charge in [-0.2, -0.15) is 0 Å². The van der Waals surface area contributed by atoms with Crippen LogP contribution in [0, 0.1) is 0 Å². The van der Waals surface area contributed by atoms with E-state index in [-0.39, 0.29) is 11.8 Å². The van der Waals surface area contributed by atoms with Gasteiger partial charge in [0.1, 0.15) is 0 Å². The molecule has 0 amide bonds. The van der Waals surface area contributed by atoms with E-state index in [9.17, 15) is 5.11 Å². The number of hydrogen-bond donors (Lipinski definition) is 1. The number of rotatable bonds is 4. The third-order valence-corrected chi connectivity index (χ3v) is 6.03. The molecule has 146 valence electrons. The van der Waals surface area contributed by atoms with E-state index < -0.39 is 0 Å². The van der Waals surface area contributed by atoms with Crippen LogP contribution in [0.5, 0.6) is 11.5 Å². The zero-order chi connectivity index (χ0) is 19.7. The number of ether oxygens (including phenoxy) is 1. The van der Waals surface area contributed by atoms with E-state index in [1.165, 1.54) is 5.69 Å². The van der Waals surface area contributed by atoms with Crippen LogP contribution in [0.25, 0.3) is 0 Å². The number of aryl methyl sites for hydroxylation is 1. The molecule has 2 aromatic carbocycles. The molecule has 2 heterocycles. The number of benzene rings is 2. The number of nitrogens with zero attached hydrogens (tertiary/aromatic N) is 2. The van der Waals surface area contributed by atoms with Crippen molar-refractivity contribution in [3.63, 3.8) is 0 Å². The highest BCUT2D eigenvalue weighted by Crippen LogP contribution is 2.38. The Morgan fingerprint density at radius 1 is 1.07 bits per heavy atom. The highest BCUT2D eigenvalue weighted by molar-refractivity contribution is 6.42. The van der Waals surface area contributed by atoms with Crippen molar-refractivity contribution in [1.82, 2.24) is 9.47 Å². The van der Waals surface area contributed by atoms with Gasteiger partial charge in [-0.05, 0) is 42.3 Å². The summed E-state index contributed by atoms with van der Waals surface area (Å²) in [7, 11) is 1.57. The topological polar surface area (TPSA) is 37.6 Å². The zero-order valence-electron chi connectivity index (χ0n) is 15.6. The lowest BCUT2D eigenvalue weighted by molar-refractivity contribution is 0.217. The molecule has 0 saturated carbocycles. The number of fused-ring (bicyclic) bond motifs is 1. The molecule has 0 unspecified atom stereocenters. The lowest BCUT2D eigenvalue weighted by atomic mass is 10.0. The molecule has 28 heavy (non-hydrogen) atoms. The lowest BCUT2D eigenvalue weighted by Gasteiger charge is -2.31. The summed E-state index contributed by atoms with van der Waals surface area (Å²) < 4.78 is 7.57. The number of halogens is 2. The van der Waals surface area contributed by atoms with Crippen LogP contribution >= 0.6 is 23.2 Å². The molecule has 0 radical (unpaired) electrons. The summed E-state index contributed by atoms with van der Waals surface area (Å²) in [5, 5.41) is 11.7. The van der Waals surface area contributed by atoms with Crippen LogP contribution in [-0.4, -0.2) is 28.2 Å². The van der Waals surface area contributed by atoms with Gasteiger partial charge in [0.2, 0.25) is 0 Å². The van der Waals surface area contributed by atoms with Gasteiger partial charge in [-0.3, -0.25) is 4.90 Å². The maximum absolute atomic E-state index is 10.6. The fraction of sp³-hybridized carbons (Fsp3) is 0.273. The second-order valence-corrected chi connectivity index (χ2v) is 7.81. The van der Waals surface area contributed by atoms with E-state index in [1.807, 2.05) is 30.3 Å². The van der Waals surface area contributed by atoms with Crippen LogP contribution in [0.2, 0.25) is 10.0 Å². The van der Waals surface area contributed by atoms with E-state index in [2.05, 4.69) is 27.8 Å². The molecule has 0 saturated heterocycles. The molecule has 1 aromatic heterocycles. The van der Waals surface area contributed by atoms with Gasteiger partial charge in [0, 0.05) is 37.1 Å². The quantitative estimate of drug-likeness (QED) is 0.609. The Hall–Kier alpha value is -2.14. The molecule has 4 rings (SSSR count). The van der Waals surface area contributed by atoms with Crippen molar-refractivity contribution in [2.75, 3.05) is 13.7 Å². The SMILES string of the molecule is COc1cccc(CN2CCCn3cccc3[C@@H]2c2ccc(Cl)c(Cl)c2)c1O. The molecule has 3 aromatic rings. The molecule has 0 spiro atoms. The third-order valence-electron chi connectivity index (χ3n) is 5.29. The Bertz CT molecular complexity index is 986. The van der Waals surface area contributed by atoms with Gasteiger partial charge in [-0.25, -0.2) is 0 Å². The molecule has 1 aliphatic rings. The summed E-state index contributed by atoms with van der Waals surface area (Å²) in [6.07, 6.45) is 3.14. The minimum Gasteiger partial charge on any atom is -0.504 e. The Balaban J connectivity index is 1.77. The smallest absolute Gasteiger partial charge is 0.162 e. The normalized spacial score (nSPS) is 17.2. The van der Waals surface area contributed by atoms with Crippen LogP contribution < -0.4 is 4.74 Å². The van der Waals surface area contributed by atoms with E-state index in [1.54, 1.807) is 13.2 Å². The van der Waals surface area contributed by atoms with Crippen molar-refractivity contribution in [3.05, 3.63) is 81.6 Å². The average Bonchev–Trinajstić information content (AvgIpc) is 3.07. The molecule has 6 heteroatoms. The zero-order valence-corrected chi connectivity index (χ0v) is 17.1. The summed E-state index contributed by atoms with van der Waals surface area (Å²) in [5.74, 6) is 0.680. The van der Waals surface area contributed by atoms with Gasteiger partial charge >= 0.3 is 0 Å². The number of para-hydroxylation sites is 1. The fourth-order valence-corrected chi connectivity index (χ4v) is 4.26. The van der Waals surface area contributed by atoms with E-state index in [0.29, 0.717) is 22.3 Å². The van der Waals surface area contributed by atoms with E-state index >= 15 is 0 Å². The van der Waals surface area contributed by atoms with Gasteiger partial charge in [-0.1, -0.05) is 41.4 Å². The lowest BCUT2D eigenvalue weighted by Crippen LogP contribution is -2.29. The summed E-state index contributed by atoms with van der Waals surface area (Å²) in [6.45, 7) is 2.45. The van der Waals surface area contributed by atoms with Gasteiger partial charge in [0.15, 0.2) is 11.5 Å². The summed E-state index contributed by atoms with van der Waals surface area (Å²) in [6, 6.07) is 15.7. The van der Waals surface area contributed by atoms with Gasteiger partial charge in [0.25, 0.3) is 0 Å². The van der Waals surface area contributed by atoms with Crippen LogP contribution in [0.1, 0.15) is 29.3 Å². The van der Waals surface area contributed by atoms with E-state index in [0.717, 1.165) is 30.6 Å². The van der Waals surface area contributed by atoms with Gasteiger partial charge < -0.3 is 14.4 Å². The number of aromatic hydroxyl groups is 1. The van der Waals surface area contributed by atoms with Crippen molar-refractivity contribution < 1.29 is 9.84 Å². The van der Waals surface area contributed by atoms with Crippen LogP contribution in [0.3, 0.4) is 0 Å². The van der Waals surface area contributed by atoms with Gasteiger partial charge in [-0.15, -0.1) is 0 Å². The first-order valence-electron chi connectivity index (χ1n) is 9.27. The molecule has 0 aliphatic carbocycles. The maximum Gasteiger partial charge on any atom is 0.162 e. The molecule has 1 N–H and O–H groups in total. The van der Waals surface area contributed by atoms with Crippen molar-refractivity contribution >= 4 is 23.2 Å². The third kappa shape index (κ3) is 3.60. The van der Waals surface area contributed by atoms with Crippen molar-refractivity contribution in [2.24, 2.45) is 0 Å². The monoisotopic (exact) mass is 416 g/mol. The largest absolute Gasteiger partial charge is 0.504 e. The molecule has 4 nitrogen and oxygen atoms in total. The van der Waals surface area contributed by atoms with Crippen LogP contribution in [0.4, 0.5) is 0 Å². The first kappa shape index (κ1) is 19.2. The van der Waals surface area contributed by atoms with E-state index in [4.69, 9.17) is 27.9 Å². The Morgan fingerprint density at radius 2 is 1.93 bits per heavy atom. The van der Waals surface area contributed by atoms with Crippen molar-refractivity contribution in [1.29, 1.82) is 0 Å². The Kier molecular flexibility index (Phi) is 5.54. The van der Waals surface area contributed by atoms with Gasteiger partial charge in [0.05, 0.1) is 23.2 Å². The second-order valence-electron chi connectivity index (χ2n) is 6.99. The minimum absolute atomic E-state index is 0.0119. The van der Waals surface area contributed by atoms with Crippen LogP contribution in [-0.2, 0) is 13.1 Å². The summed E-state index contributed by atoms with van der Waals surface area (Å²) >= 11 is 12.5. The number of hydrogen-bond acceptors (Lipinski definition) is 3. The maximum atomic E-state index is 10.6. The molecule has 1 atom stereocenters. The number of phenols is 1. The summed E-state index contributed by atoms with van der Waals surface area (Å²) in [4.78, 5) is 2.37. The highest BCUT2D eigenvalue weighted by Gasteiger charge is 2.28. The Labute approximate surface area is 174 Å².